The monoisotopic (exact) mass is 312 g/mol. The van der Waals surface area contributed by atoms with Gasteiger partial charge >= 0.3 is 0 Å². The van der Waals surface area contributed by atoms with Crippen LogP contribution in [-0.2, 0) is 9.84 Å². The van der Waals surface area contributed by atoms with Gasteiger partial charge in [-0.05, 0) is 25.7 Å². The van der Waals surface area contributed by atoms with Crippen LogP contribution in [-0.4, -0.2) is 42.5 Å². The molecule has 0 spiro atoms. The molecule has 21 heavy (non-hydrogen) atoms. The molecular formula is C14H24N4O2S. The number of rotatable bonds is 6. The minimum Gasteiger partial charge on any atom is -0.370 e. The van der Waals surface area contributed by atoms with E-state index in [0.29, 0.717) is 12.3 Å². The van der Waals surface area contributed by atoms with Crippen LogP contribution in [0.3, 0.4) is 0 Å². The van der Waals surface area contributed by atoms with Gasteiger partial charge < -0.3 is 10.6 Å². The Balaban J connectivity index is 2.18. The molecule has 1 aliphatic heterocycles. The van der Waals surface area contributed by atoms with Gasteiger partial charge in [-0.1, -0.05) is 13.8 Å². The normalized spacial score (nSPS) is 20.7. The SMILES string of the molecule is CCNc1ncnc(NCC2CCCS2(=O)=O)c1C(C)C. The van der Waals surface area contributed by atoms with Crippen molar-refractivity contribution < 1.29 is 8.42 Å². The van der Waals surface area contributed by atoms with Gasteiger partial charge in [0, 0.05) is 18.7 Å². The molecule has 2 heterocycles. The van der Waals surface area contributed by atoms with Gasteiger partial charge in [0.2, 0.25) is 0 Å². The van der Waals surface area contributed by atoms with Crippen LogP contribution in [0.1, 0.15) is 45.1 Å². The average molecular weight is 312 g/mol. The van der Waals surface area contributed by atoms with Crippen LogP contribution in [0.5, 0.6) is 0 Å². The lowest BCUT2D eigenvalue weighted by atomic mass is 10.0. The van der Waals surface area contributed by atoms with Gasteiger partial charge in [0.05, 0.1) is 11.0 Å². The van der Waals surface area contributed by atoms with Gasteiger partial charge in [-0.3, -0.25) is 0 Å². The van der Waals surface area contributed by atoms with Crippen LogP contribution >= 0.6 is 0 Å². The van der Waals surface area contributed by atoms with Crippen molar-refractivity contribution in [3.63, 3.8) is 0 Å². The standard InChI is InChI=1S/C14H24N4O2S/c1-4-15-13-12(10(2)3)14(18-9-17-13)16-8-11-6-5-7-21(11,19)20/h9-11H,4-8H2,1-3H3,(H2,15,16,17,18). The second-order valence-corrected chi connectivity index (χ2v) is 8.08. The van der Waals surface area contributed by atoms with Crippen LogP contribution in [0.2, 0.25) is 0 Å². The molecule has 2 N–H and O–H groups in total. The largest absolute Gasteiger partial charge is 0.370 e. The Morgan fingerprint density at radius 3 is 2.48 bits per heavy atom. The van der Waals surface area contributed by atoms with E-state index in [1.165, 1.54) is 6.33 Å². The van der Waals surface area contributed by atoms with Crippen molar-refractivity contribution in [3.05, 3.63) is 11.9 Å². The predicted molar refractivity (Wildman–Crippen MR) is 85.6 cm³/mol. The molecule has 0 aliphatic carbocycles. The van der Waals surface area contributed by atoms with E-state index in [0.717, 1.165) is 36.6 Å². The summed E-state index contributed by atoms with van der Waals surface area (Å²) >= 11 is 0. The molecule has 7 heteroatoms. The van der Waals surface area contributed by atoms with Crippen molar-refractivity contribution in [2.24, 2.45) is 0 Å². The molecule has 1 aliphatic rings. The van der Waals surface area contributed by atoms with Gasteiger partial charge in [-0.2, -0.15) is 0 Å². The average Bonchev–Trinajstić information content (AvgIpc) is 2.75. The summed E-state index contributed by atoms with van der Waals surface area (Å²) in [5, 5.41) is 6.16. The minimum absolute atomic E-state index is 0.253. The Labute approximate surface area is 126 Å². The molecule has 1 unspecified atom stereocenters. The molecule has 1 fully saturated rings. The van der Waals surface area contributed by atoms with E-state index in [1.807, 2.05) is 6.92 Å². The lowest BCUT2D eigenvalue weighted by Gasteiger charge is -2.18. The summed E-state index contributed by atoms with van der Waals surface area (Å²) in [5.74, 6) is 2.11. The molecule has 0 radical (unpaired) electrons. The van der Waals surface area contributed by atoms with Crippen LogP contribution in [0, 0.1) is 0 Å². The van der Waals surface area contributed by atoms with Crippen LogP contribution in [0.25, 0.3) is 0 Å². The fourth-order valence-corrected chi connectivity index (χ4v) is 4.46. The van der Waals surface area contributed by atoms with Crippen LogP contribution in [0.4, 0.5) is 11.6 Å². The third kappa shape index (κ3) is 3.64. The van der Waals surface area contributed by atoms with Crippen molar-refractivity contribution in [2.75, 3.05) is 29.5 Å². The van der Waals surface area contributed by atoms with Gasteiger partial charge in [0.25, 0.3) is 0 Å². The zero-order chi connectivity index (χ0) is 15.5. The van der Waals surface area contributed by atoms with E-state index in [-0.39, 0.29) is 11.2 Å². The quantitative estimate of drug-likeness (QED) is 0.836. The molecule has 0 aromatic carbocycles. The third-order valence-electron chi connectivity index (χ3n) is 3.77. The summed E-state index contributed by atoms with van der Waals surface area (Å²) < 4.78 is 23.8. The van der Waals surface area contributed by atoms with Crippen molar-refractivity contribution >= 4 is 21.5 Å². The first-order valence-corrected chi connectivity index (χ1v) is 9.21. The van der Waals surface area contributed by atoms with E-state index in [4.69, 9.17) is 0 Å². The summed E-state index contributed by atoms with van der Waals surface area (Å²) in [5.41, 5.74) is 1.01. The van der Waals surface area contributed by atoms with E-state index in [2.05, 4.69) is 34.4 Å². The summed E-state index contributed by atoms with van der Waals surface area (Å²) in [6.07, 6.45) is 3.00. The first-order chi connectivity index (χ1) is 9.95. The van der Waals surface area contributed by atoms with Crippen molar-refractivity contribution in [3.8, 4) is 0 Å². The highest BCUT2D eigenvalue weighted by molar-refractivity contribution is 7.92. The number of aromatic nitrogens is 2. The molecule has 118 valence electrons. The molecule has 0 bridgehead atoms. The highest BCUT2D eigenvalue weighted by Gasteiger charge is 2.31. The second-order valence-electron chi connectivity index (χ2n) is 5.68. The van der Waals surface area contributed by atoms with Crippen molar-refractivity contribution in [1.82, 2.24) is 9.97 Å². The van der Waals surface area contributed by atoms with Gasteiger partial charge in [-0.25, -0.2) is 18.4 Å². The Kier molecular flexibility index (Phi) is 5.03. The Hall–Kier alpha value is -1.37. The summed E-state index contributed by atoms with van der Waals surface area (Å²) in [6, 6.07) is 0. The smallest absolute Gasteiger partial charge is 0.154 e. The fourth-order valence-electron chi connectivity index (χ4n) is 2.69. The topological polar surface area (TPSA) is 84.0 Å². The van der Waals surface area contributed by atoms with E-state index in [1.54, 1.807) is 0 Å². The number of nitrogens with zero attached hydrogens (tertiary/aromatic N) is 2. The highest BCUT2D eigenvalue weighted by Crippen LogP contribution is 2.29. The first kappa shape index (κ1) is 16.0. The Morgan fingerprint density at radius 1 is 1.29 bits per heavy atom. The van der Waals surface area contributed by atoms with Crippen molar-refractivity contribution in [1.29, 1.82) is 0 Å². The molecule has 2 rings (SSSR count). The maximum atomic E-state index is 11.9. The molecule has 1 aromatic heterocycles. The number of hydrogen-bond acceptors (Lipinski definition) is 6. The third-order valence-corrected chi connectivity index (χ3v) is 6.04. The predicted octanol–water partition coefficient (Wildman–Crippen LogP) is 2.02. The zero-order valence-corrected chi connectivity index (χ0v) is 13.7. The number of nitrogens with one attached hydrogen (secondary N) is 2. The summed E-state index contributed by atoms with van der Waals surface area (Å²) in [6.45, 7) is 7.39. The lowest BCUT2D eigenvalue weighted by molar-refractivity contribution is 0.591. The molecule has 0 saturated carbocycles. The van der Waals surface area contributed by atoms with E-state index in [9.17, 15) is 8.42 Å². The Bertz CT molecular complexity index is 587. The second kappa shape index (κ2) is 6.60. The van der Waals surface area contributed by atoms with Crippen molar-refractivity contribution in [2.45, 2.75) is 44.8 Å². The molecule has 1 aromatic rings. The van der Waals surface area contributed by atoms with Gasteiger partial charge in [0.1, 0.15) is 18.0 Å². The lowest BCUT2D eigenvalue weighted by Crippen LogP contribution is -2.26. The molecule has 1 saturated heterocycles. The minimum atomic E-state index is -2.93. The number of hydrogen-bond donors (Lipinski definition) is 2. The molecule has 0 amide bonds. The molecule has 6 nitrogen and oxygen atoms in total. The maximum Gasteiger partial charge on any atom is 0.154 e. The van der Waals surface area contributed by atoms with Crippen LogP contribution in [0.15, 0.2) is 6.33 Å². The molecule has 1 atom stereocenters. The maximum absolute atomic E-state index is 11.9. The first-order valence-electron chi connectivity index (χ1n) is 7.50. The van der Waals surface area contributed by atoms with Crippen LogP contribution < -0.4 is 10.6 Å². The number of anilines is 2. The van der Waals surface area contributed by atoms with Gasteiger partial charge in [0.15, 0.2) is 9.84 Å². The molecular weight excluding hydrogens is 288 g/mol. The summed E-state index contributed by atoms with van der Waals surface area (Å²) in [4.78, 5) is 8.57. The van der Waals surface area contributed by atoms with E-state index >= 15 is 0 Å². The fraction of sp³-hybridized carbons (Fsp3) is 0.714. The summed E-state index contributed by atoms with van der Waals surface area (Å²) in [7, 11) is -2.93. The zero-order valence-electron chi connectivity index (χ0n) is 12.9. The Morgan fingerprint density at radius 2 is 1.95 bits per heavy atom. The number of sulfone groups is 1. The highest BCUT2D eigenvalue weighted by atomic mass is 32.2. The van der Waals surface area contributed by atoms with E-state index < -0.39 is 9.84 Å². The van der Waals surface area contributed by atoms with Gasteiger partial charge in [-0.15, -0.1) is 0 Å².